The van der Waals surface area contributed by atoms with Crippen LogP contribution in [0.1, 0.15) is 39.3 Å². The van der Waals surface area contributed by atoms with Crippen LogP contribution in [0.15, 0.2) is 18.3 Å². The van der Waals surface area contributed by atoms with Crippen molar-refractivity contribution in [3.05, 3.63) is 23.9 Å². The summed E-state index contributed by atoms with van der Waals surface area (Å²) in [6.45, 7) is 11.8. The molecule has 2 unspecified atom stereocenters. The summed E-state index contributed by atoms with van der Waals surface area (Å²) in [5, 5.41) is 3.45. The Morgan fingerprint density at radius 3 is 2.50 bits per heavy atom. The van der Waals surface area contributed by atoms with Crippen LogP contribution < -0.4 is 10.2 Å². The number of pyridine rings is 1. The van der Waals surface area contributed by atoms with E-state index in [0.717, 1.165) is 25.5 Å². The Hall–Kier alpha value is -1.13. The summed E-state index contributed by atoms with van der Waals surface area (Å²) < 4.78 is 0. The molecular formula is C16H30N4. The highest BCUT2D eigenvalue weighted by Gasteiger charge is 2.16. The van der Waals surface area contributed by atoms with Gasteiger partial charge in [-0.2, -0.15) is 0 Å². The predicted octanol–water partition coefficient (Wildman–Crippen LogP) is 2.53. The molecule has 0 spiro atoms. The van der Waals surface area contributed by atoms with Crippen LogP contribution in [0.2, 0.25) is 0 Å². The predicted molar refractivity (Wildman–Crippen MR) is 87.4 cm³/mol. The van der Waals surface area contributed by atoms with E-state index >= 15 is 0 Å². The van der Waals surface area contributed by atoms with E-state index in [2.05, 4.69) is 74.0 Å². The Labute approximate surface area is 124 Å². The van der Waals surface area contributed by atoms with Crippen molar-refractivity contribution in [3.63, 3.8) is 0 Å². The normalized spacial score (nSPS) is 14.3. The maximum atomic E-state index is 4.56. The molecule has 0 aliphatic carbocycles. The Morgan fingerprint density at radius 1 is 1.25 bits per heavy atom. The molecule has 1 rings (SSSR count). The average molecular weight is 278 g/mol. The highest BCUT2D eigenvalue weighted by atomic mass is 15.2. The number of anilines is 1. The molecule has 0 fully saturated rings. The van der Waals surface area contributed by atoms with Gasteiger partial charge in [0, 0.05) is 31.4 Å². The van der Waals surface area contributed by atoms with Crippen LogP contribution >= 0.6 is 0 Å². The molecule has 0 saturated carbocycles. The lowest BCUT2D eigenvalue weighted by atomic mass is 10.1. The molecule has 4 nitrogen and oxygen atoms in total. The lowest BCUT2D eigenvalue weighted by Crippen LogP contribution is -2.40. The topological polar surface area (TPSA) is 31.4 Å². The van der Waals surface area contributed by atoms with Crippen LogP contribution in [-0.2, 0) is 0 Å². The fourth-order valence-electron chi connectivity index (χ4n) is 2.61. The van der Waals surface area contributed by atoms with Crippen LogP contribution in [-0.4, -0.2) is 49.7 Å². The summed E-state index contributed by atoms with van der Waals surface area (Å²) in [6.07, 6.45) is 1.92. The summed E-state index contributed by atoms with van der Waals surface area (Å²) in [4.78, 5) is 9.15. The molecule has 0 radical (unpaired) electrons. The molecule has 1 N–H and O–H groups in total. The van der Waals surface area contributed by atoms with Crippen LogP contribution in [0, 0.1) is 0 Å². The van der Waals surface area contributed by atoms with Gasteiger partial charge in [-0.25, -0.2) is 4.98 Å². The number of hydrogen-bond donors (Lipinski definition) is 1. The number of nitrogens with zero attached hydrogens (tertiary/aromatic N) is 3. The van der Waals surface area contributed by atoms with E-state index in [4.69, 9.17) is 0 Å². The van der Waals surface area contributed by atoms with Gasteiger partial charge in [0.2, 0.25) is 0 Å². The summed E-state index contributed by atoms with van der Waals surface area (Å²) >= 11 is 0. The zero-order valence-corrected chi connectivity index (χ0v) is 13.8. The molecule has 0 amide bonds. The minimum atomic E-state index is 0.365. The monoisotopic (exact) mass is 278 g/mol. The Kier molecular flexibility index (Phi) is 6.96. The first kappa shape index (κ1) is 16.9. The second kappa shape index (κ2) is 8.22. The van der Waals surface area contributed by atoms with Crippen molar-refractivity contribution >= 4 is 5.82 Å². The van der Waals surface area contributed by atoms with Gasteiger partial charge in [-0.1, -0.05) is 6.92 Å². The standard InChI is InChI=1S/C16H30N4/c1-7-17-14(4)15-9-10-18-16(11-15)20(8-2)13(3)12-19(5)6/h9-11,13-14,17H,7-8,12H2,1-6H3. The molecule has 2 atom stereocenters. The maximum Gasteiger partial charge on any atom is 0.129 e. The third kappa shape index (κ3) is 4.76. The number of aromatic nitrogens is 1. The van der Waals surface area contributed by atoms with E-state index in [1.165, 1.54) is 5.56 Å². The van der Waals surface area contributed by atoms with Crippen molar-refractivity contribution < 1.29 is 0 Å². The van der Waals surface area contributed by atoms with Crippen molar-refractivity contribution in [2.75, 3.05) is 38.6 Å². The van der Waals surface area contributed by atoms with Gasteiger partial charge in [-0.05, 0) is 59.1 Å². The minimum absolute atomic E-state index is 0.365. The fourth-order valence-corrected chi connectivity index (χ4v) is 2.61. The molecule has 4 heteroatoms. The van der Waals surface area contributed by atoms with Gasteiger partial charge in [0.15, 0.2) is 0 Å². The molecular weight excluding hydrogens is 248 g/mol. The number of nitrogens with one attached hydrogen (secondary N) is 1. The quantitative estimate of drug-likeness (QED) is 0.792. The Morgan fingerprint density at radius 2 is 1.95 bits per heavy atom. The van der Waals surface area contributed by atoms with Gasteiger partial charge in [0.05, 0.1) is 0 Å². The smallest absolute Gasteiger partial charge is 0.129 e. The van der Waals surface area contributed by atoms with E-state index in [9.17, 15) is 0 Å². The van der Waals surface area contributed by atoms with E-state index < -0.39 is 0 Å². The van der Waals surface area contributed by atoms with Crippen LogP contribution in [0.25, 0.3) is 0 Å². The second-order valence-corrected chi connectivity index (χ2v) is 5.62. The zero-order chi connectivity index (χ0) is 15.1. The zero-order valence-electron chi connectivity index (χ0n) is 13.8. The van der Waals surface area contributed by atoms with Gasteiger partial charge < -0.3 is 15.1 Å². The largest absolute Gasteiger partial charge is 0.353 e. The van der Waals surface area contributed by atoms with Crippen molar-refractivity contribution in [2.45, 2.75) is 39.8 Å². The van der Waals surface area contributed by atoms with Crippen molar-refractivity contribution in [2.24, 2.45) is 0 Å². The van der Waals surface area contributed by atoms with Crippen LogP contribution in [0.4, 0.5) is 5.82 Å². The van der Waals surface area contributed by atoms with Crippen LogP contribution in [0.3, 0.4) is 0 Å². The summed E-state index contributed by atoms with van der Waals surface area (Å²) in [7, 11) is 4.23. The van der Waals surface area contributed by atoms with Gasteiger partial charge in [-0.15, -0.1) is 0 Å². The Bertz CT molecular complexity index is 392. The number of likely N-dealkylation sites (N-methyl/N-ethyl adjacent to an activating group) is 2. The summed E-state index contributed by atoms with van der Waals surface area (Å²) in [6, 6.07) is 5.13. The molecule has 114 valence electrons. The summed E-state index contributed by atoms with van der Waals surface area (Å²) in [5.41, 5.74) is 1.30. The fraction of sp³-hybridized carbons (Fsp3) is 0.688. The van der Waals surface area contributed by atoms with Crippen molar-refractivity contribution in [1.82, 2.24) is 15.2 Å². The molecule has 0 aliphatic heterocycles. The average Bonchev–Trinajstić information content (AvgIpc) is 2.39. The highest BCUT2D eigenvalue weighted by molar-refractivity contribution is 5.42. The van der Waals surface area contributed by atoms with Crippen molar-refractivity contribution in [1.29, 1.82) is 0 Å². The van der Waals surface area contributed by atoms with Gasteiger partial charge in [-0.3, -0.25) is 0 Å². The number of hydrogen-bond acceptors (Lipinski definition) is 4. The number of rotatable bonds is 8. The Balaban J connectivity index is 2.90. The molecule has 0 saturated heterocycles. The molecule has 1 aromatic heterocycles. The second-order valence-electron chi connectivity index (χ2n) is 5.62. The van der Waals surface area contributed by atoms with E-state index in [1.807, 2.05) is 6.20 Å². The first-order valence-corrected chi connectivity index (χ1v) is 7.60. The van der Waals surface area contributed by atoms with E-state index in [1.54, 1.807) is 0 Å². The first-order chi connectivity index (χ1) is 9.49. The lowest BCUT2D eigenvalue weighted by molar-refractivity contribution is 0.372. The molecule has 0 aromatic carbocycles. The van der Waals surface area contributed by atoms with Crippen molar-refractivity contribution in [3.8, 4) is 0 Å². The summed E-state index contributed by atoms with van der Waals surface area (Å²) in [5.74, 6) is 1.07. The third-order valence-corrected chi connectivity index (χ3v) is 3.58. The third-order valence-electron chi connectivity index (χ3n) is 3.58. The molecule has 1 heterocycles. The highest BCUT2D eigenvalue weighted by Crippen LogP contribution is 2.20. The van der Waals surface area contributed by atoms with E-state index in [0.29, 0.717) is 12.1 Å². The molecule has 0 bridgehead atoms. The minimum Gasteiger partial charge on any atom is -0.353 e. The SMILES string of the molecule is CCNC(C)c1ccnc(N(CC)C(C)CN(C)C)c1. The first-order valence-electron chi connectivity index (χ1n) is 7.60. The lowest BCUT2D eigenvalue weighted by Gasteiger charge is -2.31. The van der Waals surface area contributed by atoms with Crippen LogP contribution in [0.5, 0.6) is 0 Å². The molecule has 1 aromatic rings. The van der Waals surface area contributed by atoms with Gasteiger partial charge >= 0.3 is 0 Å². The van der Waals surface area contributed by atoms with Gasteiger partial charge in [0.25, 0.3) is 0 Å². The van der Waals surface area contributed by atoms with E-state index in [-0.39, 0.29) is 0 Å². The molecule has 0 aliphatic rings. The van der Waals surface area contributed by atoms with Gasteiger partial charge in [0.1, 0.15) is 5.82 Å². The maximum absolute atomic E-state index is 4.56. The molecule has 20 heavy (non-hydrogen) atoms.